The Labute approximate surface area is 128 Å². The van der Waals surface area contributed by atoms with Crippen LogP contribution in [0.25, 0.3) is 0 Å². The maximum Gasteiger partial charge on any atom is 0.258 e. The fraction of sp³-hybridized carbons (Fsp3) is 0.312. The van der Waals surface area contributed by atoms with Gasteiger partial charge in [-0.1, -0.05) is 11.6 Å². The predicted octanol–water partition coefficient (Wildman–Crippen LogP) is 4.18. The summed E-state index contributed by atoms with van der Waals surface area (Å²) in [5.41, 5.74) is 2.27. The first kappa shape index (κ1) is 14.0. The molecule has 21 heavy (non-hydrogen) atoms. The van der Waals surface area contributed by atoms with E-state index in [4.69, 9.17) is 16.0 Å². The van der Waals surface area contributed by atoms with E-state index in [-0.39, 0.29) is 5.91 Å². The highest BCUT2D eigenvalue weighted by Gasteiger charge is 2.17. The average Bonchev–Trinajstić information content (AvgIpc) is 3.03. The molecule has 1 amide bonds. The summed E-state index contributed by atoms with van der Waals surface area (Å²) < 4.78 is 4.95. The van der Waals surface area contributed by atoms with Crippen LogP contribution >= 0.6 is 11.6 Å². The van der Waals surface area contributed by atoms with Gasteiger partial charge in [-0.15, -0.1) is 0 Å². The predicted molar refractivity (Wildman–Crippen MR) is 84.2 cm³/mol. The van der Waals surface area contributed by atoms with E-state index in [0.29, 0.717) is 10.6 Å². The van der Waals surface area contributed by atoms with Crippen LogP contribution in [-0.2, 0) is 0 Å². The standard InChI is InChI=1S/C16H17ClN2O2/c17-13-4-5-15(19-7-2-1-3-8-19)14(10-13)18-16(20)12-6-9-21-11-12/h4-6,9-11H,1-3,7-8H2,(H,18,20). The zero-order chi connectivity index (χ0) is 14.7. The van der Waals surface area contributed by atoms with Crippen molar-refractivity contribution in [2.75, 3.05) is 23.3 Å². The molecule has 0 saturated carbocycles. The molecule has 1 aromatic carbocycles. The zero-order valence-corrected chi connectivity index (χ0v) is 12.4. The van der Waals surface area contributed by atoms with Gasteiger partial charge in [-0.05, 0) is 43.5 Å². The Morgan fingerprint density at radius 1 is 1.19 bits per heavy atom. The van der Waals surface area contributed by atoms with Gasteiger partial charge in [0.2, 0.25) is 0 Å². The van der Waals surface area contributed by atoms with Crippen LogP contribution in [0, 0.1) is 0 Å². The van der Waals surface area contributed by atoms with Gasteiger partial charge < -0.3 is 14.6 Å². The Balaban J connectivity index is 1.85. The van der Waals surface area contributed by atoms with E-state index in [0.717, 1.165) is 24.5 Å². The molecule has 1 fully saturated rings. The van der Waals surface area contributed by atoms with Crippen molar-refractivity contribution in [3.05, 3.63) is 47.4 Å². The number of halogens is 1. The van der Waals surface area contributed by atoms with Crippen molar-refractivity contribution in [3.63, 3.8) is 0 Å². The lowest BCUT2D eigenvalue weighted by atomic mass is 10.1. The molecule has 0 atom stereocenters. The van der Waals surface area contributed by atoms with Gasteiger partial charge in [-0.2, -0.15) is 0 Å². The molecule has 1 aliphatic heterocycles. The molecular formula is C16H17ClN2O2. The fourth-order valence-electron chi connectivity index (χ4n) is 2.61. The third kappa shape index (κ3) is 3.22. The van der Waals surface area contributed by atoms with E-state index in [1.165, 1.54) is 31.8 Å². The Bertz CT molecular complexity index is 619. The van der Waals surface area contributed by atoms with Crippen molar-refractivity contribution in [1.29, 1.82) is 0 Å². The summed E-state index contributed by atoms with van der Waals surface area (Å²) in [5, 5.41) is 3.54. The van der Waals surface area contributed by atoms with Crippen LogP contribution in [-0.4, -0.2) is 19.0 Å². The highest BCUT2D eigenvalue weighted by Crippen LogP contribution is 2.31. The molecule has 2 aromatic rings. The molecular weight excluding hydrogens is 288 g/mol. The minimum Gasteiger partial charge on any atom is -0.472 e. The van der Waals surface area contributed by atoms with Crippen molar-refractivity contribution >= 4 is 28.9 Å². The highest BCUT2D eigenvalue weighted by molar-refractivity contribution is 6.31. The number of piperidine rings is 1. The van der Waals surface area contributed by atoms with Crippen LogP contribution in [0.4, 0.5) is 11.4 Å². The monoisotopic (exact) mass is 304 g/mol. The molecule has 5 heteroatoms. The minimum absolute atomic E-state index is 0.190. The Morgan fingerprint density at radius 3 is 2.71 bits per heavy atom. The Morgan fingerprint density at radius 2 is 2.00 bits per heavy atom. The van der Waals surface area contributed by atoms with Gasteiger partial charge in [0.15, 0.2) is 0 Å². The molecule has 0 aliphatic carbocycles. The number of hydrogen-bond acceptors (Lipinski definition) is 3. The third-order valence-corrected chi connectivity index (χ3v) is 3.92. The lowest BCUT2D eigenvalue weighted by Gasteiger charge is -2.30. The first-order valence-electron chi connectivity index (χ1n) is 7.12. The van der Waals surface area contributed by atoms with Gasteiger partial charge in [0.25, 0.3) is 5.91 Å². The van der Waals surface area contributed by atoms with Crippen LogP contribution in [0.1, 0.15) is 29.6 Å². The smallest absolute Gasteiger partial charge is 0.258 e. The molecule has 1 saturated heterocycles. The molecule has 2 heterocycles. The summed E-state index contributed by atoms with van der Waals surface area (Å²) in [7, 11) is 0. The molecule has 0 spiro atoms. The number of amides is 1. The van der Waals surface area contributed by atoms with Gasteiger partial charge in [-0.25, -0.2) is 0 Å². The second-order valence-electron chi connectivity index (χ2n) is 5.18. The van der Waals surface area contributed by atoms with Crippen molar-refractivity contribution in [1.82, 2.24) is 0 Å². The molecule has 0 radical (unpaired) electrons. The third-order valence-electron chi connectivity index (χ3n) is 3.69. The summed E-state index contributed by atoms with van der Waals surface area (Å²) in [4.78, 5) is 14.5. The molecule has 4 nitrogen and oxygen atoms in total. The summed E-state index contributed by atoms with van der Waals surface area (Å²) in [6, 6.07) is 7.27. The fourth-order valence-corrected chi connectivity index (χ4v) is 2.78. The number of furan rings is 1. The van der Waals surface area contributed by atoms with Gasteiger partial charge >= 0.3 is 0 Å². The Kier molecular flexibility index (Phi) is 4.15. The number of nitrogens with one attached hydrogen (secondary N) is 1. The van der Waals surface area contributed by atoms with Crippen molar-refractivity contribution in [3.8, 4) is 0 Å². The number of hydrogen-bond donors (Lipinski definition) is 1. The second-order valence-corrected chi connectivity index (χ2v) is 5.61. The normalized spacial score (nSPS) is 15.0. The van der Waals surface area contributed by atoms with E-state index >= 15 is 0 Å². The van der Waals surface area contributed by atoms with Gasteiger partial charge in [0.1, 0.15) is 6.26 Å². The van der Waals surface area contributed by atoms with Crippen LogP contribution in [0.2, 0.25) is 5.02 Å². The van der Waals surface area contributed by atoms with E-state index in [9.17, 15) is 4.79 Å². The maximum atomic E-state index is 12.2. The molecule has 0 bridgehead atoms. The second kappa shape index (κ2) is 6.22. The van der Waals surface area contributed by atoms with Crippen molar-refractivity contribution < 1.29 is 9.21 Å². The lowest BCUT2D eigenvalue weighted by Crippen LogP contribution is -2.30. The van der Waals surface area contributed by atoms with Crippen molar-refractivity contribution in [2.24, 2.45) is 0 Å². The molecule has 0 unspecified atom stereocenters. The summed E-state index contributed by atoms with van der Waals surface area (Å²) in [5.74, 6) is -0.190. The average molecular weight is 305 g/mol. The van der Waals surface area contributed by atoms with Gasteiger partial charge in [0.05, 0.1) is 23.2 Å². The van der Waals surface area contributed by atoms with E-state index in [2.05, 4.69) is 10.2 Å². The van der Waals surface area contributed by atoms with Gasteiger partial charge in [-0.3, -0.25) is 4.79 Å². The topological polar surface area (TPSA) is 45.5 Å². The number of anilines is 2. The number of rotatable bonds is 3. The maximum absolute atomic E-state index is 12.2. The van der Waals surface area contributed by atoms with Crippen LogP contribution in [0.3, 0.4) is 0 Å². The SMILES string of the molecule is O=C(Nc1cc(Cl)ccc1N1CCCCC1)c1ccoc1. The van der Waals surface area contributed by atoms with E-state index < -0.39 is 0 Å². The summed E-state index contributed by atoms with van der Waals surface area (Å²) in [6.45, 7) is 2.02. The molecule has 1 aromatic heterocycles. The van der Waals surface area contributed by atoms with Crippen LogP contribution in [0.5, 0.6) is 0 Å². The number of carbonyl (C=O) groups is 1. The molecule has 110 valence electrons. The summed E-state index contributed by atoms with van der Waals surface area (Å²) in [6.07, 6.45) is 6.54. The molecule has 3 rings (SSSR count). The van der Waals surface area contributed by atoms with Crippen LogP contribution < -0.4 is 10.2 Å². The molecule has 1 aliphatic rings. The first-order valence-corrected chi connectivity index (χ1v) is 7.50. The minimum atomic E-state index is -0.190. The largest absolute Gasteiger partial charge is 0.472 e. The number of carbonyl (C=O) groups excluding carboxylic acids is 1. The zero-order valence-electron chi connectivity index (χ0n) is 11.6. The van der Waals surface area contributed by atoms with Crippen molar-refractivity contribution in [2.45, 2.75) is 19.3 Å². The number of benzene rings is 1. The van der Waals surface area contributed by atoms with Crippen LogP contribution in [0.15, 0.2) is 41.2 Å². The van der Waals surface area contributed by atoms with Gasteiger partial charge in [0, 0.05) is 18.1 Å². The summed E-state index contributed by atoms with van der Waals surface area (Å²) >= 11 is 6.08. The quantitative estimate of drug-likeness (QED) is 0.925. The number of nitrogens with zero attached hydrogens (tertiary/aromatic N) is 1. The lowest BCUT2D eigenvalue weighted by molar-refractivity contribution is 0.102. The van der Waals surface area contributed by atoms with E-state index in [1.807, 2.05) is 12.1 Å². The Hall–Kier alpha value is -1.94. The van der Waals surface area contributed by atoms with E-state index in [1.54, 1.807) is 12.1 Å². The molecule has 1 N–H and O–H groups in total. The highest BCUT2D eigenvalue weighted by atomic mass is 35.5. The first-order chi connectivity index (χ1) is 10.2.